The van der Waals surface area contributed by atoms with Crippen LogP contribution >= 0.6 is 0 Å². The van der Waals surface area contributed by atoms with E-state index in [1.54, 1.807) is 16.9 Å². The number of benzene rings is 2. The topological polar surface area (TPSA) is 59.8 Å². The van der Waals surface area contributed by atoms with Gasteiger partial charge in [0, 0.05) is 18.2 Å². The molecule has 0 amide bonds. The molecule has 6 heteroatoms. The SMILES string of the molecule is O=C1C(n2nc3ccccc3n2)CCC[C@H]1CNc1ccc(F)cc1. The minimum Gasteiger partial charge on any atom is -0.384 e. The van der Waals surface area contributed by atoms with Gasteiger partial charge < -0.3 is 5.32 Å². The van der Waals surface area contributed by atoms with Crippen molar-refractivity contribution in [2.45, 2.75) is 25.3 Å². The molecule has 0 spiro atoms. The van der Waals surface area contributed by atoms with Crippen LogP contribution in [0.5, 0.6) is 0 Å². The number of fused-ring (bicyclic) bond motifs is 1. The number of hydrogen-bond donors (Lipinski definition) is 1. The second kappa shape index (κ2) is 6.63. The molecule has 1 aliphatic carbocycles. The van der Waals surface area contributed by atoms with E-state index in [-0.39, 0.29) is 23.6 Å². The van der Waals surface area contributed by atoms with Crippen molar-refractivity contribution in [2.75, 3.05) is 11.9 Å². The van der Waals surface area contributed by atoms with Gasteiger partial charge in [0.05, 0.1) is 0 Å². The Morgan fingerprint density at radius 1 is 1.04 bits per heavy atom. The second-order valence-corrected chi connectivity index (χ2v) is 6.44. The Balaban J connectivity index is 1.47. The predicted molar refractivity (Wildman–Crippen MR) is 93.8 cm³/mol. The number of carbonyl (C=O) groups excluding carboxylic acids is 1. The van der Waals surface area contributed by atoms with Crippen LogP contribution in [-0.2, 0) is 4.79 Å². The normalized spacial score (nSPS) is 20.8. The molecule has 1 saturated carbocycles. The third kappa shape index (κ3) is 3.24. The van der Waals surface area contributed by atoms with Crippen molar-refractivity contribution in [2.24, 2.45) is 5.92 Å². The van der Waals surface area contributed by atoms with Gasteiger partial charge in [-0.3, -0.25) is 4.79 Å². The fourth-order valence-corrected chi connectivity index (χ4v) is 3.37. The van der Waals surface area contributed by atoms with Gasteiger partial charge in [-0.15, -0.1) is 0 Å². The van der Waals surface area contributed by atoms with Crippen molar-refractivity contribution in [1.29, 1.82) is 0 Å². The monoisotopic (exact) mass is 338 g/mol. The fraction of sp³-hybridized carbons (Fsp3) is 0.316. The minimum absolute atomic E-state index is 0.0853. The summed E-state index contributed by atoms with van der Waals surface area (Å²) in [7, 11) is 0. The van der Waals surface area contributed by atoms with E-state index >= 15 is 0 Å². The highest BCUT2D eigenvalue weighted by atomic mass is 19.1. The maximum atomic E-state index is 13.0. The van der Waals surface area contributed by atoms with Gasteiger partial charge in [-0.2, -0.15) is 15.0 Å². The summed E-state index contributed by atoms with van der Waals surface area (Å²) in [6.45, 7) is 0.543. The van der Waals surface area contributed by atoms with Crippen LogP contribution in [0.4, 0.5) is 10.1 Å². The van der Waals surface area contributed by atoms with Crippen LogP contribution in [0.2, 0.25) is 0 Å². The van der Waals surface area contributed by atoms with E-state index < -0.39 is 0 Å². The number of Topliss-reactive ketones (excluding diaryl/α,β-unsaturated/α-hetero) is 1. The van der Waals surface area contributed by atoms with Crippen LogP contribution in [0, 0.1) is 11.7 Å². The van der Waals surface area contributed by atoms with Crippen LogP contribution < -0.4 is 5.32 Å². The summed E-state index contributed by atoms with van der Waals surface area (Å²) >= 11 is 0. The molecule has 0 bridgehead atoms. The highest BCUT2D eigenvalue weighted by Gasteiger charge is 2.33. The fourth-order valence-electron chi connectivity index (χ4n) is 3.37. The van der Waals surface area contributed by atoms with E-state index in [2.05, 4.69) is 15.5 Å². The second-order valence-electron chi connectivity index (χ2n) is 6.44. The molecule has 0 radical (unpaired) electrons. The smallest absolute Gasteiger partial charge is 0.164 e. The van der Waals surface area contributed by atoms with Crippen molar-refractivity contribution in [3.63, 3.8) is 0 Å². The van der Waals surface area contributed by atoms with Gasteiger partial charge in [-0.25, -0.2) is 4.39 Å². The molecule has 0 saturated heterocycles. The number of aromatic nitrogens is 3. The number of halogens is 1. The van der Waals surface area contributed by atoms with Crippen LogP contribution in [-0.4, -0.2) is 27.3 Å². The first-order valence-corrected chi connectivity index (χ1v) is 8.55. The molecule has 1 aliphatic rings. The zero-order valence-electron chi connectivity index (χ0n) is 13.7. The summed E-state index contributed by atoms with van der Waals surface area (Å²) in [5.74, 6) is -0.185. The Bertz CT molecular complexity index is 857. The molecule has 1 aromatic heterocycles. The summed E-state index contributed by atoms with van der Waals surface area (Å²) in [4.78, 5) is 14.5. The van der Waals surface area contributed by atoms with E-state index in [9.17, 15) is 9.18 Å². The Labute approximate surface area is 144 Å². The Morgan fingerprint density at radius 2 is 1.72 bits per heavy atom. The lowest BCUT2D eigenvalue weighted by Gasteiger charge is -2.27. The van der Waals surface area contributed by atoms with Crippen molar-refractivity contribution in [1.82, 2.24) is 15.0 Å². The van der Waals surface area contributed by atoms with Crippen LogP contribution in [0.3, 0.4) is 0 Å². The lowest BCUT2D eigenvalue weighted by Crippen LogP contribution is -2.35. The van der Waals surface area contributed by atoms with E-state index in [1.807, 2.05) is 24.3 Å². The average molecular weight is 338 g/mol. The molecule has 4 rings (SSSR count). The lowest BCUT2D eigenvalue weighted by molar-refractivity contribution is -0.128. The van der Waals surface area contributed by atoms with Gasteiger partial charge in [-0.05, 0) is 55.7 Å². The van der Waals surface area contributed by atoms with Crippen molar-refractivity contribution in [3.05, 3.63) is 54.3 Å². The first-order valence-electron chi connectivity index (χ1n) is 8.55. The molecular weight excluding hydrogens is 319 g/mol. The van der Waals surface area contributed by atoms with E-state index in [0.29, 0.717) is 6.54 Å². The van der Waals surface area contributed by atoms with Crippen molar-refractivity contribution < 1.29 is 9.18 Å². The largest absolute Gasteiger partial charge is 0.384 e. The van der Waals surface area contributed by atoms with Crippen molar-refractivity contribution in [3.8, 4) is 0 Å². The molecule has 0 aliphatic heterocycles. The van der Waals surface area contributed by atoms with Gasteiger partial charge in [0.25, 0.3) is 0 Å². The van der Waals surface area contributed by atoms with Gasteiger partial charge in [-0.1, -0.05) is 12.1 Å². The number of anilines is 1. The molecule has 25 heavy (non-hydrogen) atoms. The van der Waals surface area contributed by atoms with E-state index in [0.717, 1.165) is 36.0 Å². The summed E-state index contributed by atoms with van der Waals surface area (Å²) in [6, 6.07) is 13.5. The quantitative estimate of drug-likeness (QED) is 0.790. The van der Waals surface area contributed by atoms with Gasteiger partial charge in [0.1, 0.15) is 22.9 Å². The predicted octanol–water partition coefficient (Wildman–Crippen LogP) is 3.59. The first-order chi connectivity index (χ1) is 12.2. The Morgan fingerprint density at radius 3 is 2.40 bits per heavy atom. The molecule has 1 unspecified atom stereocenters. The summed E-state index contributed by atoms with van der Waals surface area (Å²) in [5, 5.41) is 12.2. The zero-order chi connectivity index (χ0) is 17.2. The standard InChI is InChI=1S/C19H19FN4O/c20-14-8-10-15(11-9-14)21-12-13-4-3-7-18(19(13)25)24-22-16-5-1-2-6-17(16)23-24/h1-2,5-6,8-11,13,18,21H,3-4,7,12H2/t13-,18?/m0/s1. The minimum atomic E-state index is -0.304. The zero-order valence-corrected chi connectivity index (χ0v) is 13.7. The molecule has 1 N–H and O–H groups in total. The lowest BCUT2D eigenvalue weighted by atomic mass is 9.84. The number of nitrogens with one attached hydrogen (secondary N) is 1. The molecule has 3 aromatic rings. The highest BCUT2D eigenvalue weighted by Crippen LogP contribution is 2.29. The number of nitrogens with zero attached hydrogens (tertiary/aromatic N) is 3. The third-order valence-electron chi connectivity index (χ3n) is 4.74. The maximum absolute atomic E-state index is 13.0. The molecule has 1 fully saturated rings. The summed E-state index contributed by atoms with van der Waals surface area (Å²) in [6.07, 6.45) is 2.58. The summed E-state index contributed by atoms with van der Waals surface area (Å²) < 4.78 is 13.0. The third-order valence-corrected chi connectivity index (χ3v) is 4.74. The number of rotatable bonds is 4. The summed E-state index contributed by atoms with van der Waals surface area (Å²) in [5.41, 5.74) is 2.43. The number of hydrogen-bond acceptors (Lipinski definition) is 4. The van der Waals surface area contributed by atoms with Crippen LogP contribution in [0.15, 0.2) is 48.5 Å². The van der Waals surface area contributed by atoms with Gasteiger partial charge >= 0.3 is 0 Å². The number of carbonyl (C=O) groups is 1. The van der Waals surface area contributed by atoms with Gasteiger partial charge in [0.2, 0.25) is 0 Å². The first kappa shape index (κ1) is 15.7. The highest BCUT2D eigenvalue weighted by molar-refractivity contribution is 5.86. The molecular formula is C19H19FN4O. The van der Waals surface area contributed by atoms with Crippen molar-refractivity contribution >= 4 is 22.5 Å². The molecule has 1 heterocycles. The Kier molecular flexibility index (Phi) is 4.17. The Hall–Kier alpha value is -2.76. The average Bonchev–Trinajstić information content (AvgIpc) is 3.06. The van der Waals surface area contributed by atoms with E-state index in [4.69, 9.17) is 0 Å². The molecule has 2 aromatic carbocycles. The van der Waals surface area contributed by atoms with Gasteiger partial charge in [0.15, 0.2) is 5.78 Å². The maximum Gasteiger partial charge on any atom is 0.164 e. The van der Waals surface area contributed by atoms with E-state index in [1.165, 1.54) is 12.1 Å². The molecule has 5 nitrogen and oxygen atoms in total. The molecule has 128 valence electrons. The van der Waals surface area contributed by atoms with Crippen LogP contribution in [0.25, 0.3) is 11.0 Å². The van der Waals surface area contributed by atoms with Crippen LogP contribution in [0.1, 0.15) is 25.3 Å². The number of ketones is 1. The molecule has 2 atom stereocenters.